The van der Waals surface area contributed by atoms with Crippen molar-refractivity contribution in [2.24, 2.45) is 4.99 Å². The van der Waals surface area contributed by atoms with Gasteiger partial charge in [-0.25, -0.2) is 4.99 Å². The van der Waals surface area contributed by atoms with Gasteiger partial charge in [0.05, 0.1) is 24.0 Å². The van der Waals surface area contributed by atoms with Crippen molar-refractivity contribution in [3.05, 3.63) is 111 Å². The zero-order valence-electron chi connectivity index (χ0n) is 18.5. The minimum absolute atomic E-state index is 0.109. The van der Waals surface area contributed by atoms with Crippen LogP contribution in [-0.4, -0.2) is 28.3 Å². The van der Waals surface area contributed by atoms with Crippen molar-refractivity contribution in [1.29, 1.82) is 0 Å². The standard InChI is InChI=1S/C27H22BrN3O2/c1-16-12-17(2)29-21(16)14-23-26(33-3)15-22(30-23)25-13-19-6-4-5-7-24(19)31(25)27(32)18-8-10-20(28)11-9-18/h4-15,29H,1-3H3. The molecule has 0 saturated heterocycles. The lowest BCUT2D eigenvalue weighted by atomic mass is 10.2. The molecule has 0 saturated carbocycles. The molecule has 0 unspecified atom stereocenters. The number of nitrogens with one attached hydrogen (secondary N) is 1. The maximum Gasteiger partial charge on any atom is 0.262 e. The maximum atomic E-state index is 13.6. The number of aromatic amines is 1. The molecule has 5 nitrogen and oxygen atoms in total. The van der Waals surface area contributed by atoms with E-state index in [-0.39, 0.29) is 5.91 Å². The molecule has 0 aliphatic carbocycles. The lowest BCUT2D eigenvalue weighted by Gasteiger charge is -2.09. The van der Waals surface area contributed by atoms with Gasteiger partial charge in [-0.15, -0.1) is 0 Å². The molecule has 1 aliphatic heterocycles. The number of para-hydroxylation sites is 1. The highest BCUT2D eigenvalue weighted by molar-refractivity contribution is 9.10. The summed E-state index contributed by atoms with van der Waals surface area (Å²) < 4.78 is 8.29. The molecule has 164 valence electrons. The Bertz CT molecular complexity index is 1480. The van der Waals surface area contributed by atoms with Crippen LogP contribution < -0.4 is 0 Å². The van der Waals surface area contributed by atoms with Gasteiger partial charge in [-0.3, -0.25) is 9.36 Å². The Kier molecular flexibility index (Phi) is 5.38. The number of rotatable bonds is 4. The number of aromatic nitrogens is 2. The molecule has 0 amide bonds. The number of methoxy groups -OCH3 is 1. The van der Waals surface area contributed by atoms with Crippen molar-refractivity contribution >= 4 is 44.5 Å². The lowest BCUT2D eigenvalue weighted by Crippen LogP contribution is -2.17. The predicted molar refractivity (Wildman–Crippen MR) is 136 cm³/mol. The summed E-state index contributed by atoms with van der Waals surface area (Å²) in [6.07, 6.45) is 3.87. The molecule has 0 radical (unpaired) electrons. The van der Waals surface area contributed by atoms with Crippen LogP contribution in [0.3, 0.4) is 0 Å². The molecule has 0 spiro atoms. The summed E-state index contributed by atoms with van der Waals surface area (Å²) in [4.78, 5) is 21.8. The number of allylic oxidation sites excluding steroid dienone is 1. The Morgan fingerprint density at radius 3 is 2.55 bits per heavy atom. The third kappa shape index (κ3) is 3.87. The molecule has 2 aromatic heterocycles. The monoisotopic (exact) mass is 499 g/mol. The van der Waals surface area contributed by atoms with Crippen molar-refractivity contribution in [2.45, 2.75) is 13.8 Å². The van der Waals surface area contributed by atoms with E-state index in [1.54, 1.807) is 11.7 Å². The topological polar surface area (TPSA) is 59.4 Å². The summed E-state index contributed by atoms with van der Waals surface area (Å²) >= 11 is 3.44. The van der Waals surface area contributed by atoms with E-state index in [0.717, 1.165) is 38.0 Å². The van der Waals surface area contributed by atoms with E-state index in [2.05, 4.69) is 33.9 Å². The van der Waals surface area contributed by atoms with E-state index in [4.69, 9.17) is 9.73 Å². The largest absolute Gasteiger partial charge is 0.494 e. The summed E-state index contributed by atoms with van der Waals surface area (Å²) in [7, 11) is 1.63. The Labute approximate surface area is 200 Å². The van der Waals surface area contributed by atoms with Gasteiger partial charge in [-0.05, 0) is 68.0 Å². The maximum absolute atomic E-state index is 13.6. The van der Waals surface area contributed by atoms with Crippen LogP contribution >= 0.6 is 15.9 Å². The molecule has 0 bridgehead atoms. The van der Waals surface area contributed by atoms with Crippen molar-refractivity contribution < 1.29 is 9.53 Å². The average Bonchev–Trinajstić information content (AvgIpc) is 3.48. The first-order chi connectivity index (χ1) is 15.9. The fourth-order valence-corrected chi connectivity index (χ4v) is 4.40. The molecule has 0 atom stereocenters. The molecule has 3 heterocycles. The highest BCUT2D eigenvalue weighted by atomic mass is 79.9. The number of carbonyl (C=O) groups excluding carboxylic acids is 1. The number of hydrogen-bond acceptors (Lipinski definition) is 3. The Morgan fingerprint density at radius 1 is 1.09 bits per heavy atom. The molecular formula is C27H22BrN3O2. The van der Waals surface area contributed by atoms with Crippen molar-refractivity contribution in [3.63, 3.8) is 0 Å². The highest BCUT2D eigenvalue weighted by Crippen LogP contribution is 2.29. The van der Waals surface area contributed by atoms with E-state index in [9.17, 15) is 4.79 Å². The van der Waals surface area contributed by atoms with Crippen molar-refractivity contribution in [2.75, 3.05) is 7.11 Å². The minimum atomic E-state index is -0.109. The zero-order valence-corrected chi connectivity index (χ0v) is 20.1. The van der Waals surface area contributed by atoms with Gasteiger partial charge in [-0.1, -0.05) is 34.1 Å². The number of nitrogens with zero attached hydrogens (tertiary/aromatic N) is 2. The molecule has 4 aromatic rings. The summed E-state index contributed by atoms with van der Waals surface area (Å²) in [5.41, 5.74) is 6.77. The molecule has 1 N–H and O–H groups in total. The van der Waals surface area contributed by atoms with Gasteiger partial charge < -0.3 is 9.72 Å². The van der Waals surface area contributed by atoms with Crippen LogP contribution in [0.1, 0.15) is 33.0 Å². The van der Waals surface area contributed by atoms with Gasteiger partial charge in [0.2, 0.25) is 0 Å². The summed E-state index contributed by atoms with van der Waals surface area (Å²) in [6, 6.07) is 19.3. The number of ether oxygens (including phenoxy) is 1. The van der Waals surface area contributed by atoms with Crippen LogP contribution in [0.2, 0.25) is 0 Å². The second kappa shape index (κ2) is 8.37. The summed E-state index contributed by atoms with van der Waals surface area (Å²) in [5.74, 6) is 0.548. The summed E-state index contributed by atoms with van der Waals surface area (Å²) in [6.45, 7) is 4.08. The molecule has 0 fully saturated rings. The second-order valence-corrected chi connectivity index (χ2v) is 8.94. The number of carbonyl (C=O) groups is 1. The molecular weight excluding hydrogens is 478 g/mol. The molecule has 1 aliphatic rings. The van der Waals surface area contributed by atoms with Gasteiger partial charge in [0.15, 0.2) is 0 Å². The van der Waals surface area contributed by atoms with E-state index >= 15 is 0 Å². The average molecular weight is 500 g/mol. The van der Waals surface area contributed by atoms with Crippen LogP contribution in [0.5, 0.6) is 0 Å². The second-order valence-electron chi connectivity index (χ2n) is 8.02. The van der Waals surface area contributed by atoms with Gasteiger partial charge in [0.1, 0.15) is 11.5 Å². The number of H-pyrrole nitrogens is 1. The lowest BCUT2D eigenvalue weighted by molar-refractivity contribution is 0.0964. The first-order valence-electron chi connectivity index (χ1n) is 10.6. The number of hydrogen-bond donors (Lipinski definition) is 1. The van der Waals surface area contributed by atoms with Crippen molar-refractivity contribution in [3.8, 4) is 0 Å². The van der Waals surface area contributed by atoms with E-state index in [1.165, 1.54) is 0 Å². The third-order valence-electron chi connectivity index (χ3n) is 5.72. The Balaban J connectivity index is 1.66. The number of benzene rings is 2. The van der Waals surface area contributed by atoms with Crippen molar-refractivity contribution in [1.82, 2.24) is 9.55 Å². The fourth-order valence-electron chi connectivity index (χ4n) is 4.13. The molecule has 5 rings (SSSR count). The van der Waals surface area contributed by atoms with Crippen LogP contribution in [0, 0.1) is 13.8 Å². The van der Waals surface area contributed by atoms with Crippen LogP contribution in [-0.2, 0) is 4.74 Å². The van der Waals surface area contributed by atoms with E-state index in [0.29, 0.717) is 22.7 Å². The Hall–Kier alpha value is -3.64. The highest BCUT2D eigenvalue weighted by Gasteiger charge is 2.24. The smallest absolute Gasteiger partial charge is 0.262 e. The van der Waals surface area contributed by atoms with E-state index in [1.807, 2.05) is 73.7 Å². The SMILES string of the molecule is COC1=CC(c2cc3ccccc3n2C(=O)c2ccc(Br)cc2)=NC1=Cc1[nH]c(C)cc1C. The van der Waals surface area contributed by atoms with Gasteiger partial charge in [-0.2, -0.15) is 0 Å². The zero-order chi connectivity index (χ0) is 23.1. The first kappa shape index (κ1) is 21.2. The normalized spacial score (nSPS) is 14.6. The van der Waals surface area contributed by atoms with Gasteiger partial charge >= 0.3 is 0 Å². The number of aliphatic imine (C=N–C) groups is 1. The third-order valence-corrected chi connectivity index (χ3v) is 6.25. The van der Waals surface area contributed by atoms with Gasteiger partial charge in [0.25, 0.3) is 5.91 Å². The van der Waals surface area contributed by atoms with Gasteiger partial charge in [0, 0.05) is 32.9 Å². The van der Waals surface area contributed by atoms with E-state index < -0.39 is 0 Å². The number of halogens is 1. The first-order valence-corrected chi connectivity index (χ1v) is 11.4. The molecule has 33 heavy (non-hydrogen) atoms. The molecule has 6 heteroatoms. The van der Waals surface area contributed by atoms with Crippen LogP contribution in [0.25, 0.3) is 17.0 Å². The molecule has 2 aromatic carbocycles. The number of aryl methyl sites for hydroxylation is 2. The quantitative estimate of drug-likeness (QED) is 0.352. The predicted octanol–water partition coefficient (Wildman–Crippen LogP) is 6.41. The van der Waals surface area contributed by atoms with Crippen LogP contribution in [0.15, 0.2) is 87.7 Å². The number of fused-ring (bicyclic) bond motifs is 1. The Morgan fingerprint density at radius 2 is 1.85 bits per heavy atom. The fraction of sp³-hybridized carbons (Fsp3) is 0.111. The minimum Gasteiger partial charge on any atom is -0.494 e. The summed E-state index contributed by atoms with van der Waals surface area (Å²) in [5, 5.41) is 0.973. The van der Waals surface area contributed by atoms with Crippen LogP contribution in [0.4, 0.5) is 0 Å².